The number of rotatable bonds is 7. The van der Waals surface area contributed by atoms with Crippen molar-refractivity contribution in [2.75, 3.05) is 13.1 Å². The van der Waals surface area contributed by atoms with Crippen molar-refractivity contribution in [2.24, 2.45) is 0 Å². The summed E-state index contributed by atoms with van der Waals surface area (Å²) in [5.41, 5.74) is -0.297. The summed E-state index contributed by atoms with van der Waals surface area (Å²) >= 11 is 0. The molecule has 0 aliphatic carbocycles. The lowest BCUT2D eigenvalue weighted by Crippen LogP contribution is -2.52. The first-order valence-electron chi connectivity index (χ1n) is 5.78. The highest BCUT2D eigenvalue weighted by atomic mass is 16.4. The van der Waals surface area contributed by atoms with E-state index in [9.17, 15) is 9.59 Å². The first kappa shape index (κ1) is 15.5. The molecule has 5 heteroatoms. The molecule has 17 heavy (non-hydrogen) atoms. The molecule has 0 rings (SSSR count). The van der Waals surface area contributed by atoms with Crippen LogP contribution in [0.5, 0.6) is 0 Å². The van der Waals surface area contributed by atoms with Crippen LogP contribution in [-0.4, -0.2) is 40.6 Å². The number of hydrogen-bond donors (Lipinski definition) is 2. The maximum atomic E-state index is 11.9. The number of urea groups is 1. The highest BCUT2D eigenvalue weighted by molar-refractivity contribution is 5.80. The molecule has 0 heterocycles. The predicted molar refractivity (Wildman–Crippen MR) is 66.9 cm³/mol. The number of carboxylic acid groups (broad SMARTS) is 1. The van der Waals surface area contributed by atoms with Gasteiger partial charge in [-0.1, -0.05) is 19.9 Å². The normalized spacial score (nSPS) is 10.8. The van der Waals surface area contributed by atoms with E-state index in [1.54, 1.807) is 0 Å². The number of aliphatic carboxylic acids is 1. The number of hydrogen-bond acceptors (Lipinski definition) is 2. The molecule has 0 fully saturated rings. The van der Waals surface area contributed by atoms with E-state index in [1.807, 2.05) is 20.8 Å². The lowest BCUT2D eigenvalue weighted by atomic mass is 9.96. The summed E-state index contributed by atoms with van der Waals surface area (Å²) in [6.45, 7) is 9.33. The Morgan fingerprint density at radius 2 is 1.94 bits per heavy atom. The van der Waals surface area contributed by atoms with Gasteiger partial charge in [-0.05, 0) is 19.8 Å². The summed E-state index contributed by atoms with van der Waals surface area (Å²) in [5.74, 6) is -1.03. The van der Waals surface area contributed by atoms with E-state index in [1.165, 1.54) is 11.0 Å². The van der Waals surface area contributed by atoms with Crippen LogP contribution in [0.2, 0.25) is 0 Å². The largest absolute Gasteiger partial charge is 0.480 e. The minimum absolute atomic E-state index is 0.224. The second kappa shape index (κ2) is 6.93. The van der Waals surface area contributed by atoms with E-state index < -0.39 is 5.97 Å². The molecule has 0 unspecified atom stereocenters. The third kappa shape index (κ3) is 5.38. The molecule has 0 spiro atoms. The van der Waals surface area contributed by atoms with E-state index in [-0.39, 0.29) is 24.7 Å². The molecule has 0 aromatic heterocycles. The molecule has 0 bridgehead atoms. The van der Waals surface area contributed by atoms with Gasteiger partial charge in [0.2, 0.25) is 0 Å². The van der Waals surface area contributed by atoms with Crippen molar-refractivity contribution in [3.8, 4) is 0 Å². The van der Waals surface area contributed by atoms with Gasteiger partial charge in [-0.15, -0.1) is 6.58 Å². The molecule has 2 N–H and O–H groups in total. The van der Waals surface area contributed by atoms with Crippen LogP contribution in [0.25, 0.3) is 0 Å². The summed E-state index contributed by atoms with van der Waals surface area (Å²) in [5, 5.41) is 11.6. The highest BCUT2D eigenvalue weighted by Gasteiger charge is 2.25. The molecule has 0 aromatic carbocycles. The SMILES string of the molecule is C=CCN(CC(=O)O)C(=O)NC(C)(CC)CC. The molecule has 2 amide bonds. The summed E-state index contributed by atoms with van der Waals surface area (Å²) in [7, 11) is 0. The van der Waals surface area contributed by atoms with Crippen LogP contribution in [-0.2, 0) is 4.79 Å². The molecular weight excluding hydrogens is 220 g/mol. The van der Waals surface area contributed by atoms with Crippen LogP contribution in [0.4, 0.5) is 4.79 Å². The van der Waals surface area contributed by atoms with Crippen molar-refractivity contribution in [3.05, 3.63) is 12.7 Å². The van der Waals surface area contributed by atoms with Gasteiger partial charge >= 0.3 is 12.0 Å². The number of nitrogens with zero attached hydrogens (tertiary/aromatic N) is 1. The third-order valence-electron chi connectivity index (χ3n) is 2.93. The Balaban J connectivity index is 4.61. The molecule has 98 valence electrons. The van der Waals surface area contributed by atoms with Gasteiger partial charge in [-0.25, -0.2) is 4.79 Å². The minimum atomic E-state index is -1.03. The fraction of sp³-hybridized carbons (Fsp3) is 0.667. The Morgan fingerprint density at radius 3 is 2.29 bits per heavy atom. The monoisotopic (exact) mass is 242 g/mol. The smallest absolute Gasteiger partial charge is 0.323 e. The van der Waals surface area contributed by atoms with E-state index in [4.69, 9.17) is 5.11 Å². The first-order chi connectivity index (χ1) is 7.88. The molecule has 0 aliphatic heterocycles. The van der Waals surface area contributed by atoms with E-state index in [0.717, 1.165) is 12.8 Å². The topological polar surface area (TPSA) is 69.6 Å². The summed E-state index contributed by atoms with van der Waals surface area (Å²) in [6, 6.07) is -0.363. The van der Waals surface area contributed by atoms with Gasteiger partial charge in [0.25, 0.3) is 0 Å². The quantitative estimate of drug-likeness (QED) is 0.669. The zero-order chi connectivity index (χ0) is 13.5. The second-order valence-corrected chi connectivity index (χ2v) is 4.26. The lowest BCUT2D eigenvalue weighted by molar-refractivity contribution is -0.137. The number of nitrogens with one attached hydrogen (secondary N) is 1. The Hall–Kier alpha value is -1.52. The first-order valence-corrected chi connectivity index (χ1v) is 5.78. The Bertz CT molecular complexity index is 285. The van der Waals surface area contributed by atoms with E-state index in [0.29, 0.717) is 0 Å². The van der Waals surface area contributed by atoms with Gasteiger partial charge in [0.05, 0.1) is 0 Å². The third-order valence-corrected chi connectivity index (χ3v) is 2.93. The standard InChI is InChI=1S/C12H22N2O3/c1-5-8-14(9-10(15)16)11(17)13-12(4,6-2)7-3/h5H,1,6-9H2,2-4H3,(H,13,17)(H,15,16). The maximum absolute atomic E-state index is 11.9. The Kier molecular flexibility index (Phi) is 6.31. The molecule has 0 radical (unpaired) electrons. The lowest BCUT2D eigenvalue weighted by Gasteiger charge is -2.31. The van der Waals surface area contributed by atoms with Crippen LogP contribution in [0.15, 0.2) is 12.7 Å². The molecule has 0 saturated heterocycles. The summed E-state index contributed by atoms with van der Waals surface area (Å²) < 4.78 is 0. The maximum Gasteiger partial charge on any atom is 0.323 e. The fourth-order valence-electron chi connectivity index (χ4n) is 1.30. The van der Waals surface area contributed by atoms with Gasteiger partial charge in [-0.3, -0.25) is 4.79 Å². The van der Waals surface area contributed by atoms with Crippen LogP contribution in [0.3, 0.4) is 0 Å². The van der Waals surface area contributed by atoms with Gasteiger partial charge < -0.3 is 15.3 Å². The van der Waals surface area contributed by atoms with E-state index >= 15 is 0 Å². The number of carbonyl (C=O) groups is 2. The zero-order valence-corrected chi connectivity index (χ0v) is 10.8. The van der Waals surface area contributed by atoms with Crippen LogP contribution < -0.4 is 5.32 Å². The predicted octanol–water partition coefficient (Wildman–Crippen LogP) is 1.85. The van der Waals surface area contributed by atoms with Crippen LogP contribution >= 0.6 is 0 Å². The molecule has 0 aliphatic rings. The van der Waals surface area contributed by atoms with Crippen molar-refractivity contribution < 1.29 is 14.7 Å². The summed E-state index contributed by atoms with van der Waals surface area (Å²) in [6.07, 6.45) is 3.10. The molecule has 0 saturated carbocycles. The van der Waals surface area contributed by atoms with Crippen molar-refractivity contribution in [2.45, 2.75) is 39.2 Å². The van der Waals surface area contributed by atoms with Crippen molar-refractivity contribution in [1.29, 1.82) is 0 Å². The second-order valence-electron chi connectivity index (χ2n) is 4.26. The van der Waals surface area contributed by atoms with Gasteiger partial charge in [-0.2, -0.15) is 0 Å². The molecular formula is C12H22N2O3. The molecule has 5 nitrogen and oxygen atoms in total. The van der Waals surface area contributed by atoms with Crippen LogP contribution in [0.1, 0.15) is 33.6 Å². The minimum Gasteiger partial charge on any atom is -0.480 e. The average molecular weight is 242 g/mol. The Labute approximate surface area is 102 Å². The van der Waals surface area contributed by atoms with Gasteiger partial charge in [0, 0.05) is 12.1 Å². The van der Waals surface area contributed by atoms with Gasteiger partial charge in [0.15, 0.2) is 0 Å². The Morgan fingerprint density at radius 1 is 1.41 bits per heavy atom. The highest BCUT2D eigenvalue weighted by Crippen LogP contribution is 2.14. The molecule has 0 aromatic rings. The van der Waals surface area contributed by atoms with Crippen LogP contribution in [0, 0.1) is 0 Å². The molecule has 0 atom stereocenters. The van der Waals surface area contributed by atoms with Crippen molar-refractivity contribution >= 4 is 12.0 Å². The van der Waals surface area contributed by atoms with Crippen molar-refractivity contribution in [1.82, 2.24) is 10.2 Å². The summed E-state index contributed by atoms with van der Waals surface area (Å²) in [4.78, 5) is 23.8. The zero-order valence-electron chi connectivity index (χ0n) is 10.8. The average Bonchev–Trinajstić information content (AvgIpc) is 2.27. The number of carboxylic acids is 1. The van der Waals surface area contributed by atoms with E-state index in [2.05, 4.69) is 11.9 Å². The fourth-order valence-corrected chi connectivity index (χ4v) is 1.30. The van der Waals surface area contributed by atoms with Crippen molar-refractivity contribution in [3.63, 3.8) is 0 Å². The van der Waals surface area contributed by atoms with Gasteiger partial charge in [0.1, 0.15) is 6.54 Å². The number of amides is 2. The number of carbonyl (C=O) groups excluding carboxylic acids is 1.